The first kappa shape index (κ1) is 15.2. The van der Waals surface area contributed by atoms with Crippen LogP contribution in [0.15, 0.2) is 23.2 Å². The minimum absolute atomic E-state index is 0.0267. The highest BCUT2D eigenvalue weighted by molar-refractivity contribution is 7.91. The zero-order chi connectivity index (χ0) is 15.0. The summed E-state index contributed by atoms with van der Waals surface area (Å²) in [6, 6.07) is 3.13. The predicted octanol–water partition coefficient (Wildman–Crippen LogP) is 0.356. The van der Waals surface area contributed by atoms with Crippen molar-refractivity contribution in [2.75, 3.05) is 35.8 Å². The van der Waals surface area contributed by atoms with E-state index in [4.69, 9.17) is 0 Å². The molecule has 1 aliphatic rings. The fourth-order valence-corrected chi connectivity index (χ4v) is 4.47. The van der Waals surface area contributed by atoms with E-state index in [0.717, 1.165) is 6.26 Å². The minimum atomic E-state index is -3.26. The highest BCUT2D eigenvalue weighted by Gasteiger charge is 2.25. The highest BCUT2D eigenvalue weighted by atomic mass is 32.2. The van der Waals surface area contributed by atoms with Gasteiger partial charge in [-0.2, -0.15) is 0 Å². The molecule has 0 spiro atoms. The van der Waals surface area contributed by atoms with Crippen molar-refractivity contribution in [2.45, 2.75) is 11.8 Å². The van der Waals surface area contributed by atoms with Crippen LogP contribution in [0.1, 0.15) is 6.92 Å². The summed E-state index contributed by atoms with van der Waals surface area (Å²) < 4.78 is 46.2. The summed E-state index contributed by atoms with van der Waals surface area (Å²) >= 11 is 0. The van der Waals surface area contributed by atoms with Gasteiger partial charge in [-0.15, -0.1) is 0 Å². The van der Waals surface area contributed by atoms with Gasteiger partial charge in [0.25, 0.3) is 0 Å². The first-order valence-electron chi connectivity index (χ1n) is 6.29. The summed E-state index contributed by atoms with van der Waals surface area (Å²) in [6.07, 6.45) is 2.44. The molecule has 2 heterocycles. The summed E-state index contributed by atoms with van der Waals surface area (Å²) in [7, 11) is -6.27. The summed E-state index contributed by atoms with van der Waals surface area (Å²) in [5.41, 5.74) is 0. The van der Waals surface area contributed by atoms with Crippen molar-refractivity contribution in [3.63, 3.8) is 0 Å². The number of hydrogen-bond donors (Lipinski definition) is 0. The van der Waals surface area contributed by atoms with Crippen LogP contribution in [0.25, 0.3) is 0 Å². The Morgan fingerprint density at radius 2 is 2.05 bits per heavy atom. The molecule has 0 N–H and O–H groups in total. The molecule has 2 rings (SSSR count). The SMILES string of the molecule is CC1CN(c2ccc(S(C)(=O)=O)cn2)CCS(=O)(=O)C1. The van der Waals surface area contributed by atoms with Gasteiger partial charge < -0.3 is 4.90 Å². The van der Waals surface area contributed by atoms with Crippen LogP contribution >= 0.6 is 0 Å². The molecule has 0 saturated carbocycles. The molecule has 8 heteroatoms. The number of pyridine rings is 1. The lowest BCUT2D eigenvalue weighted by atomic mass is 10.2. The lowest BCUT2D eigenvalue weighted by Gasteiger charge is -2.23. The Labute approximate surface area is 119 Å². The van der Waals surface area contributed by atoms with Crippen LogP contribution in [0.5, 0.6) is 0 Å². The van der Waals surface area contributed by atoms with Crippen LogP contribution in [0, 0.1) is 5.92 Å². The molecular weight excluding hydrogens is 300 g/mol. The lowest BCUT2D eigenvalue weighted by molar-refractivity contribution is 0.580. The molecule has 0 bridgehead atoms. The van der Waals surface area contributed by atoms with Crippen molar-refractivity contribution in [2.24, 2.45) is 5.92 Å². The molecule has 0 radical (unpaired) electrons. The minimum Gasteiger partial charge on any atom is -0.355 e. The fourth-order valence-electron chi connectivity index (χ4n) is 2.27. The lowest BCUT2D eigenvalue weighted by Crippen LogP contribution is -2.29. The third-order valence-corrected chi connectivity index (χ3v) is 6.19. The van der Waals surface area contributed by atoms with Gasteiger partial charge in [0.1, 0.15) is 5.82 Å². The number of rotatable bonds is 2. The van der Waals surface area contributed by atoms with Gasteiger partial charge in [-0.3, -0.25) is 0 Å². The largest absolute Gasteiger partial charge is 0.355 e. The van der Waals surface area contributed by atoms with Crippen molar-refractivity contribution in [3.05, 3.63) is 18.3 Å². The number of anilines is 1. The molecule has 1 aliphatic heterocycles. The fraction of sp³-hybridized carbons (Fsp3) is 0.583. The standard InChI is InChI=1S/C12H18N2O4S2/c1-10-8-14(5-6-20(17,18)9-10)12-4-3-11(7-13-12)19(2,15)16/h3-4,7,10H,5-6,8-9H2,1-2H3. The molecule has 1 aromatic rings. The molecular formula is C12H18N2O4S2. The van der Waals surface area contributed by atoms with Gasteiger partial charge in [-0.05, 0) is 18.1 Å². The van der Waals surface area contributed by atoms with Crippen molar-refractivity contribution >= 4 is 25.5 Å². The van der Waals surface area contributed by atoms with Crippen molar-refractivity contribution < 1.29 is 16.8 Å². The predicted molar refractivity (Wildman–Crippen MR) is 77.4 cm³/mol. The van der Waals surface area contributed by atoms with Crippen LogP contribution in [0.3, 0.4) is 0 Å². The first-order chi connectivity index (χ1) is 9.17. The van der Waals surface area contributed by atoms with Crippen molar-refractivity contribution in [1.82, 2.24) is 4.98 Å². The zero-order valence-electron chi connectivity index (χ0n) is 11.5. The zero-order valence-corrected chi connectivity index (χ0v) is 13.1. The second-order valence-electron chi connectivity index (χ2n) is 5.29. The Hall–Kier alpha value is -1.15. The van der Waals surface area contributed by atoms with Gasteiger partial charge in [-0.1, -0.05) is 6.92 Å². The van der Waals surface area contributed by atoms with Gasteiger partial charge in [0.15, 0.2) is 19.7 Å². The Morgan fingerprint density at radius 1 is 1.35 bits per heavy atom. The summed E-state index contributed by atoms with van der Waals surface area (Å²) in [4.78, 5) is 6.20. The van der Waals surface area contributed by atoms with E-state index >= 15 is 0 Å². The maximum absolute atomic E-state index is 11.7. The van der Waals surface area contributed by atoms with E-state index in [1.165, 1.54) is 12.3 Å². The molecule has 1 unspecified atom stereocenters. The van der Waals surface area contributed by atoms with Gasteiger partial charge in [0, 0.05) is 25.5 Å². The average molecular weight is 318 g/mol. The van der Waals surface area contributed by atoms with Crippen molar-refractivity contribution in [3.8, 4) is 0 Å². The summed E-state index contributed by atoms with van der Waals surface area (Å²) in [6.45, 7) is 2.88. The number of sulfone groups is 2. The average Bonchev–Trinajstić information content (AvgIpc) is 2.46. The molecule has 1 aromatic heterocycles. The highest BCUT2D eigenvalue weighted by Crippen LogP contribution is 2.19. The van der Waals surface area contributed by atoms with Gasteiger partial charge in [0.2, 0.25) is 0 Å². The Kier molecular flexibility index (Phi) is 4.06. The van der Waals surface area contributed by atoms with Gasteiger partial charge >= 0.3 is 0 Å². The summed E-state index contributed by atoms with van der Waals surface area (Å²) in [5.74, 6) is 0.929. The normalized spacial score (nSPS) is 23.3. The monoisotopic (exact) mass is 318 g/mol. The quantitative estimate of drug-likeness (QED) is 0.782. The van der Waals surface area contributed by atoms with Gasteiger partial charge in [-0.25, -0.2) is 21.8 Å². The molecule has 0 amide bonds. The molecule has 112 valence electrons. The van der Waals surface area contributed by atoms with Crippen molar-refractivity contribution in [1.29, 1.82) is 0 Å². The summed E-state index contributed by atoms with van der Waals surface area (Å²) in [5, 5.41) is 0. The number of hydrogen-bond acceptors (Lipinski definition) is 6. The maximum Gasteiger partial charge on any atom is 0.177 e. The van der Waals surface area contributed by atoms with Crippen LogP contribution in [-0.4, -0.2) is 52.7 Å². The number of nitrogens with zero attached hydrogens (tertiary/aromatic N) is 2. The van der Waals surface area contributed by atoms with Crippen LogP contribution in [0.2, 0.25) is 0 Å². The Balaban J connectivity index is 2.23. The molecule has 20 heavy (non-hydrogen) atoms. The molecule has 1 fully saturated rings. The molecule has 1 saturated heterocycles. The maximum atomic E-state index is 11.7. The second kappa shape index (κ2) is 5.33. The smallest absolute Gasteiger partial charge is 0.177 e. The Morgan fingerprint density at radius 3 is 2.60 bits per heavy atom. The van der Waals surface area contributed by atoms with Crippen LogP contribution in [0.4, 0.5) is 5.82 Å². The topological polar surface area (TPSA) is 84.4 Å². The molecule has 0 aliphatic carbocycles. The molecule has 0 aromatic carbocycles. The third-order valence-electron chi connectivity index (χ3n) is 3.22. The molecule has 6 nitrogen and oxygen atoms in total. The number of aromatic nitrogens is 1. The van der Waals surface area contributed by atoms with Crippen LogP contribution < -0.4 is 4.90 Å². The van der Waals surface area contributed by atoms with Gasteiger partial charge in [0.05, 0.1) is 16.4 Å². The van der Waals surface area contributed by atoms with E-state index in [0.29, 0.717) is 18.9 Å². The third kappa shape index (κ3) is 3.69. The molecule has 1 atom stereocenters. The second-order valence-corrected chi connectivity index (χ2v) is 9.53. The van der Waals surface area contributed by atoms with E-state index in [-0.39, 0.29) is 22.3 Å². The van der Waals surface area contributed by atoms with E-state index in [1.807, 2.05) is 11.8 Å². The van der Waals surface area contributed by atoms with E-state index in [2.05, 4.69) is 4.98 Å². The van der Waals surface area contributed by atoms with E-state index in [1.54, 1.807) is 6.07 Å². The first-order valence-corrected chi connectivity index (χ1v) is 10.0. The van der Waals surface area contributed by atoms with Crippen LogP contribution in [-0.2, 0) is 19.7 Å². The van der Waals surface area contributed by atoms with E-state index < -0.39 is 19.7 Å². The Bertz CT molecular complexity index is 681. The van der Waals surface area contributed by atoms with E-state index in [9.17, 15) is 16.8 Å².